The van der Waals surface area contributed by atoms with Crippen molar-refractivity contribution >= 4 is 17.5 Å². The van der Waals surface area contributed by atoms with E-state index in [2.05, 4.69) is 70.0 Å². The lowest BCUT2D eigenvalue weighted by molar-refractivity contribution is 0.867. The molecular formula is C20H23N5. The van der Waals surface area contributed by atoms with Crippen molar-refractivity contribution in [2.24, 2.45) is 0 Å². The highest BCUT2D eigenvalue weighted by molar-refractivity contribution is 5.59. The maximum Gasteiger partial charge on any atom is 0.249 e. The molecule has 2 aromatic carbocycles. The maximum atomic E-state index is 4.50. The summed E-state index contributed by atoms with van der Waals surface area (Å²) in [7, 11) is 0. The van der Waals surface area contributed by atoms with E-state index in [0.29, 0.717) is 11.9 Å². The van der Waals surface area contributed by atoms with E-state index in [0.717, 1.165) is 24.5 Å². The third-order valence-corrected chi connectivity index (χ3v) is 3.95. The SMILES string of the molecule is CC(C)c1ccccc1Nc1nncc(NCCc2ccccc2)n1. The zero-order valence-electron chi connectivity index (χ0n) is 14.6. The second kappa shape index (κ2) is 8.24. The maximum absolute atomic E-state index is 4.50. The van der Waals surface area contributed by atoms with Crippen LogP contribution < -0.4 is 10.6 Å². The van der Waals surface area contributed by atoms with Crippen LogP contribution in [0.25, 0.3) is 0 Å². The Labute approximate surface area is 148 Å². The quantitative estimate of drug-likeness (QED) is 0.671. The molecule has 0 unspecified atom stereocenters. The second-order valence-corrected chi connectivity index (χ2v) is 6.19. The highest BCUT2D eigenvalue weighted by Gasteiger charge is 2.08. The fourth-order valence-corrected chi connectivity index (χ4v) is 2.66. The predicted octanol–water partition coefficient (Wildman–Crippen LogP) is 4.39. The van der Waals surface area contributed by atoms with Crippen LogP contribution in [0.5, 0.6) is 0 Å². The third-order valence-electron chi connectivity index (χ3n) is 3.95. The third kappa shape index (κ3) is 4.76. The van der Waals surface area contributed by atoms with Crippen LogP contribution in [-0.4, -0.2) is 21.7 Å². The Hall–Kier alpha value is -2.95. The van der Waals surface area contributed by atoms with Crippen LogP contribution in [0.15, 0.2) is 60.8 Å². The summed E-state index contributed by atoms with van der Waals surface area (Å²) in [6, 6.07) is 18.6. The number of aromatic nitrogens is 3. The van der Waals surface area contributed by atoms with Crippen LogP contribution in [-0.2, 0) is 6.42 Å². The predicted molar refractivity (Wildman–Crippen MR) is 102 cm³/mol. The van der Waals surface area contributed by atoms with Crippen molar-refractivity contribution in [2.75, 3.05) is 17.2 Å². The fraction of sp³-hybridized carbons (Fsp3) is 0.250. The van der Waals surface area contributed by atoms with Gasteiger partial charge in [-0.05, 0) is 29.5 Å². The lowest BCUT2D eigenvalue weighted by Crippen LogP contribution is -2.09. The van der Waals surface area contributed by atoms with E-state index in [1.54, 1.807) is 6.20 Å². The second-order valence-electron chi connectivity index (χ2n) is 6.19. The Morgan fingerprint density at radius 1 is 0.960 bits per heavy atom. The lowest BCUT2D eigenvalue weighted by Gasteiger charge is -2.13. The number of para-hydroxylation sites is 1. The molecule has 0 amide bonds. The van der Waals surface area contributed by atoms with E-state index < -0.39 is 0 Å². The molecule has 0 atom stereocenters. The van der Waals surface area contributed by atoms with E-state index in [1.807, 2.05) is 24.3 Å². The van der Waals surface area contributed by atoms with Crippen LogP contribution in [0.1, 0.15) is 30.9 Å². The van der Waals surface area contributed by atoms with Crippen molar-refractivity contribution in [3.63, 3.8) is 0 Å². The molecule has 0 aliphatic rings. The first-order valence-corrected chi connectivity index (χ1v) is 8.56. The van der Waals surface area contributed by atoms with Crippen LogP contribution >= 0.6 is 0 Å². The smallest absolute Gasteiger partial charge is 0.249 e. The molecule has 1 aromatic heterocycles. The molecule has 3 rings (SSSR count). The molecule has 3 aromatic rings. The topological polar surface area (TPSA) is 62.7 Å². The fourth-order valence-electron chi connectivity index (χ4n) is 2.66. The van der Waals surface area contributed by atoms with E-state index in [9.17, 15) is 0 Å². The van der Waals surface area contributed by atoms with E-state index in [4.69, 9.17) is 0 Å². The Kier molecular flexibility index (Phi) is 5.57. The molecule has 5 heteroatoms. The number of nitrogens with zero attached hydrogens (tertiary/aromatic N) is 3. The zero-order chi connectivity index (χ0) is 17.5. The van der Waals surface area contributed by atoms with Crippen molar-refractivity contribution in [3.05, 3.63) is 71.9 Å². The standard InChI is InChI=1S/C20H23N5/c1-15(2)17-10-6-7-11-18(17)23-20-24-19(14-22-25-20)21-13-12-16-8-4-3-5-9-16/h3-11,14-15H,12-13H2,1-2H3,(H2,21,23,24,25). The average molecular weight is 333 g/mol. The summed E-state index contributed by atoms with van der Waals surface area (Å²) in [5, 5.41) is 14.7. The van der Waals surface area contributed by atoms with Gasteiger partial charge in [0.15, 0.2) is 5.82 Å². The molecule has 0 fully saturated rings. The summed E-state index contributed by atoms with van der Waals surface area (Å²) < 4.78 is 0. The first kappa shape index (κ1) is 16.9. The molecule has 2 N–H and O–H groups in total. The van der Waals surface area contributed by atoms with Crippen LogP contribution in [0.4, 0.5) is 17.5 Å². The monoisotopic (exact) mass is 333 g/mol. The Morgan fingerprint density at radius 3 is 2.52 bits per heavy atom. The summed E-state index contributed by atoms with van der Waals surface area (Å²) in [5.41, 5.74) is 3.54. The molecule has 0 saturated carbocycles. The van der Waals surface area contributed by atoms with Gasteiger partial charge in [-0.25, -0.2) is 0 Å². The van der Waals surface area contributed by atoms with Gasteiger partial charge in [-0.1, -0.05) is 62.4 Å². The van der Waals surface area contributed by atoms with Gasteiger partial charge in [0.1, 0.15) is 0 Å². The largest absolute Gasteiger partial charge is 0.368 e. The van der Waals surface area contributed by atoms with Gasteiger partial charge >= 0.3 is 0 Å². The molecule has 1 heterocycles. The Bertz CT molecular complexity index is 802. The summed E-state index contributed by atoms with van der Waals surface area (Å²) >= 11 is 0. The number of nitrogens with one attached hydrogen (secondary N) is 2. The Balaban J connectivity index is 1.64. The van der Waals surface area contributed by atoms with Crippen molar-refractivity contribution in [2.45, 2.75) is 26.2 Å². The van der Waals surface area contributed by atoms with Gasteiger partial charge in [0.2, 0.25) is 5.95 Å². The minimum absolute atomic E-state index is 0.420. The number of anilines is 3. The highest BCUT2D eigenvalue weighted by atomic mass is 15.3. The summed E-state index contributed by atoms with van der Waals surface area (Å²) in [5.74, 6) is 1.64. The van der Waals surface area contributed by atoms with Gasteiger partial charge in [0, 0.05) is 12.2 Å². The first-order valence-electron chi connectivity index (χ1n) is 8.56. The Morgan fingerprint density at radius 2 is 1.72 bits per heavy atom. The molecule has 25 heavy (non-hydrogen) atoms. The molecule has 0 aliphatic heterocycles. The van der Waals surface area contributed by atoms with E-state index in [1.165, 1.54) is 11.1 Å². The van der Waals surface area contributed by atoms with Crippen molar-refractivity contribution in [1.82, 2.24) is 15.2 Å². The molecule has 0 bridgehead atoms. The molecule has 5 nitrogen and oxygen atoms in total. The van der Waals surface area contributed by atoms with Gasteiger partial charge in [-0.3, -0.25) is 0 Å². The van der Waals surface area contributed by atoms with Crippen LogP contribution in [0, 0.1) is 0 Å². The molecule has 0 radical (unpaired) electrons. The van der Waals surface area contributed by atoms with Gasteiger partial charge in [-0.2, -0.15) is 10.1 Å². The van der Waals surface area contributed by atoms with Gasteiger partial charge in [-0.15, -0.1) is 5.10 Å². The van der Waals surface area contributed by atoms with Crippen molar-refractivity contribution < 1.29 is 0 Å². The zero-order valence-corrected chi connectivity index (χ0v) is 14.6. The van der Waals surface area contributed by atoms with Gasteiger partial charge in [0.05, 0.1) is 6.20 Å². The first-order chi connectivity index (χ1) is 12.2. The van der Waals surface area contributed by atoms with Crippen molar-refractivity contribution in [1.29, 1.82) is 0 Å². The van der Waals surface area contributed by atoms with Crippen LogP contribution in [0.3, 0.4) is 0 Å². The normalized spacial score (nSPS) is 10.7. The molecule has 0 spiro atoms. The average Bonchev–Trinajstić information content (AvgIpc) is 2.63. The van der Waals surface area contributed by atoms with Gasteiger partial charge in [0.25, 0.3) is 0 Å². The molecule has 128 valence electrons. The summed E-state index contributed by atoms with van der Waals surface area (Å²) in [6.45, 7) is 5.13. The minimum Gasteiger partial charge on any atom is -0.368 e. The molecular weight excluding hydrogens is 310 g/mol. The number of hydrogen-bond donors (Lipinski definition) is 2. The molecule has 0 aliphatic carbocycles. The van der Waals surface area contributed by atoms with Gasteiger partial charge < -0.3 is 10.6 Å². The van der Waals surface area contributed by atoms with Crippen molar-refractivity contribution in [3.8, 4) is 0 Å². The number of hydrogen-bond acceptors (Lipinski definition) is 5. The minimum atomic E-state index is 0.420. The van der Waals surface area contributed by atoms with E-state index >= 15 is 0 Å². The number of benzene rings is 2. The van der Waals surface area contributed by atoms with Crippen LogP contribution in [0.2, 0.25) is 0 Å². The highest BCUT2D eigenvalue weighted by Crippen LogP contribution is 2.25. The number of rotatable bonds is 7. The molecule has 0 saturated heterocycles. The summed E-state index contributed by atoms with van der Waals surface area (Å²) in [6.07, 6.45) is 2.58. The summed E-state index contributed by atoms with van der Waals surface area (Å²) in [4.78, 5) is 4.50. The van der Waals surface area contributed by atoms with E-state index in [-0.39, 0.29) is 0 Å². The lowest BCUT2D eigenvalue weighted by atomic mass is 10.0.